The third-order valence-electron chi connectivity index (χ3n) is 2.73. The molecule has 0 unspecified atom stereocenters. The van der Waals surface area contributed by atoms with Crippen molar-refractivity contribution in [1.29, 1.82) is 0 Å². The molecule has 5 heteroatoms. The van der Waals surface area contributed by atoms with Crippen molar-refractivity contribution >= 4 is 31.3 Å². The lowest BCUT2D eigenvalue weighted by atomic mass is 10.2. The topological polar surface area (TPSA) is 54.4 Å². The van der Waals surface area contributed by atoms with Crippen molar-refractivity contribution < 1.29 is 13.5 Å². The van der Waals surface area contributed by atoms with E-state index in [1.165, 1.54) is 11.3 Å². The molecule has 0 aliphatic heterocycles. The van der Waals surface area contributed by atoms with E-state index in [2.05, 4.69) is 0 Å². The van der Waals surface area contributed by atoms with Crippen LogP contribution in [-0.4, -0.2) is 18.8 Å². The molecular weight excluding hydrogens is 256 g/mol. The number of phenols is 1. The second-order valence-corrected chi connectivity index (χ2v) is 7.71. The zero-order valence-corrected chi connectivity index (χ0v) is 11.3. The van der Waals surface area contributed by atoms with Crippen molar-refractivity contribution in [1.82, 2.24) is 0 Å². The fraction of sp³-hybridized carbons (Fsp3) is 0.333. The molecular formula is C12H14O3S2. The zero-order chi connectivity index (χ0) is 12.6. The molecule has 0 saturated carbocycles. The minimum absolute atomic E-state index is 0.0358. The number of rotatable bonds is 3. The number of benzene rings is 1. The van der Waals surface area contributed by atoms with Crippen molar-refractivity contribution in [3.8, 4) is 5.75 Å². The number of aromatic hydroxyl groups is 1. The Kier molecular flexibility index (Phi) is 3.14. The minimum atomic E-state index is -3.10. The van der Waals surface area contributed by atoms with Crippen LogP contribution in [0, 0.1) is 0 Å². The largest absolute Gasteiger partial charge is 0.506 e. The Balaban J connectivity index is 2.48. The van der Waals surface area contributed by atoms with E-state index in [1.807, 2.05) is 11.4 Å². The van der Waals surface area contributed by atoms with Crippen LogP contribution in [0.1, 0.15) is 19.4 Å². The summed E-state index contributed by atoms with van der Waals surface area (Å²) in [5.74, 6) is 0.245. The summed E-state index contributed by atoms with van der Waals surface area (Å²) in [5, 5.41) is 11.9. The van der Waals surface area contributed by atoms with Crippen LogP contribution in [0.2, 0.25) is 0 Å². The van der Waals surface area contributed by atoms with Gasteiger partial charge in [-0.1, -0.05) is 12.1 Å². The van der Waals surface area contributed by atoms with Crippen LogP contribution in [0.25, 0.3) is 10.1 Å². The molecule has 1 N–H and O–H groups in total. The number of fused-ring (bicyclic) bond motifs is 1. The van der Waals surface area contributed by atoms with Crippen molar-refractivity contribution in [2.45, 2.75) is 24.9 Å². The first kappa shape index (κ1) is 12.4. The molecule has 1 heterocycles. The summed E-state index contributed by atoms with van der Waals surface area (Å²) in [6.45, 7) is 3.36. The molecule has 0 atom stereocenters. The molecule has 2 rings (SSSR count). The van der Waals surface area contributed by atoms with Crippen molar-refractivity contribution in [3.63, 3.8) is 0 Å². The molecule has 92 valence electrons. The van der Waals surface area contributed by atoms with Crippen LogP contribution in [-0.2, 0) is 15.6 Å². The van der Waals surface area contributed by atoms with Gasteiger partial charge in [0.05, 0.1) is 15.7 Å². The molecule has 0 aliphatic carbocycles. The van der Waals surface area contributed by atoms with Crippen LogP contribution in [0.3, 0.4) is 0 Å². The van der Waals surface area contributed by atoms with Gasteiger partial charge in [-0.05, 0) is 30.9 Å². The fourth-order valence-electron chi connectivity index (χ4n) is 1.59. The highest BCUT2D eigenvalue weighted by atomic mass is 32.2. The maximum atomic E-state index is 11.9. The van der Waals surface area contributed by atoms with Gasteiger partial charge < -0.3 is 5.11 Å². The van der Waals surface area contributed by atoms with Gasteiger partial charge in [-0.3, -0.25) is 0 Å². The smallest absolute Gasteiger partial charge is 0.156 e. The molecule has 2 aromatic rings. The first-order chi connectivity index (χ1) is 7.92. The average Bonchev–Trinajstić information content (AvgIpc) is 2.62. The molecule has 0 saturated heterocycles. The Morgan fingerprint density at radius 3 is 2.71 bits per heavy atom. The van der Waals surface area contributed by atoms with Gasteiger partial charge in [-0.2, -0.15) is 0 Å². The standard InChI is InChI=1S/C12H14O3S2/c1-8(2)17(14,15)7-9-6-16-12-10(9)4-3-5-11(12)13/h3-6,8,13H,7H2,1-2H3. The fourth-order valence-corrected chi connectivity index (χ4v) is 3.69. The van der Waals surface area contributed by atoms with Gasteiger partial charge in [-0.15, -0.1) is 11.3 Å². The highest BCUT2D eigenvalue weighted by Gasteiger charge is 2.19. The Hall–Kier alpha value is -1.07. The number of thiophene rings is 1. The molecule has 0 amide bonds. The van der Waals surface area contributed by atoms with Gasteiger partial charge in [0.25, 0.3) is 0 Å². The summed E-state index contributed by atoms with van der Waals surface area (Å²) in [4.78, 5) is 0. The van der Waals surface area contributed by atoms with Crippen LogP contribution in [0.4, 0.5) is 0 Å². The Morgan fingerprint density at radius 1 is 1.35 bits per heavy atom. The van der Waals surface area contributed by atoms with E-state index in [0.717, 1.165) is 15.6 Å². The summed E-state index contributed by atoms with van der Waals surface area (Å²) in [5.41, 5.74) is 0.773. The van der Waals surface area contributed by atoms with Gasteiger partial charge in [0.15, 0.2) is 9.84 Å². The summed E-state index contributed by atoms with van der Waals surface area (Å²) in [6.07, 6.45) is 0. The highest BCUT2D eigenvalue weighted by Crippen LogP contribution is 2.34. The molecule has 17 heavy (non-hydrogen) atoms. The number of sulfone groups is 1. The number of hydrogen-bond donors (Lipinski definition) is 1. The van der Waals surface area contributed by atoms with Gasteiger partial charge >= 0.3 is 0 Å². The normalized spacial score (nSPS) is 12.4. The van der Waals surface area contributed by atoms with Crippen LogP contribution in [0.5, 0.6) is 5.75 Å². The maximum absolute atomic E-state index is 11.9. The van der Waals surface area contributed by atoms with E-state index in [0.29, 0.717) is 0 Å². The number of phenolic OH excluding ortho intramolecular Hbond substituents is 1. The lowest BCUT2D eigenvalue weighted by molar-refractivity contribution is 0.482. The number of hydrogen-bond acceptors (Lipinski definition) is 4. The average molecular weight is 270 g/mol. The lowest BCUT2D eigenvalue weighted by Gasteiger charge is -2.06. The lowest BCUT2D eigenvalue weighted by Crippen LogP contribution is -2.15. The Labute approximate surface area is 105 Å². The molecule has 3 nitrogen and oxygen atoms in total. The van der Waals surface area contributed by atoms with Crippen molar-refractivity contribution in [2.75, 3.05) is 0 Å². The predicted octanol–water partition coefficient (Wildman–Crippen LogP) is 2.93. The summed E-state index contributed by atoms with van der Waals surface area (Å²) in [6, 6.07) is 5.19. The first-order valence-corrected chi connectivity index (χ1v) is 7.91. The first-order valence-electron chi connectivity index (χ1n) is 5.31. The second-order valence-electron chi connectivity index (χ2n) is 4.27. The van der Waals surface area contributed by atoms with Gasteiger partial charge in [0.2, 0.25) is 0 Å². The van der Waals surface area contributed by atoms with E-state index in [4.69, 9.17) is 0 Å². The summed E-state index contributed by atoms with van der Waals surface area (Å²) in [7, 11) is -3.10. The molecule has 0 aliphatic rings. The molecule has 0 radical (unpaired) electrons. The van der Waals surface area contributed by atoms with E-state index >= 15 is 0 Å². The minimum Gasteiger partial charge on any atom is -0.506 e. The van der Waals surface area contributed by atoms with E-state index in [9.17, 15) is 13.5 Å². The molecule has 0 bridgehead atoms. The molecule has 0 fully saturated rings. The maximum Gasteiger partial charge on any atom is 0.156 e. The third kappa shape index (κ3) is 2.30. The second kappa shape index (κ2) is 4.31. The van der Waals surface area contributed by atoms with E-state index < -0.39 is 9.84 Å². The van der Waals surface area contributed by atoms with Gasteiger partial charge in [0.1, 0.15) is 5.75 Å². The highest BCUT2D eigenvalue weighted by molar-refractivity contribution is 7.91. The van der Waals surface area contributed by atoms with Gasteiger partial charge in [0, 0.05) is 5.39 Å². The van der Waals surface area contributed by atoms with Gasteiger partial charge in [-0.25, -0.2) is 8.42 Å². The summed E-state index contributed by atoms with van der Waals surface area (Å²) < 4.78 is 24.5. The molecule has 1 aromatic carbocycles. The zero-order valence-electron chi connectivity index (χ0n) is 9.67. The SMILES string of the molecule is CC(C)S(=O)(=O)Cc1csc2c(O)cccc12. The van der Waals surface area contributed by atoms with E-state index in [-0.39, 0.29) is 16.8 Å². The predicted molar refractivity (Wildman–Crippen MR) is 71.2 cm³/mol. The third-order valence-corrected chi connectivity index (χ3v) is 5.95. The monoisotopic (exact) mass is 270 g/mol. The van der Waals surface area contributed by atoms with Crippen LogP contribution < -0.4 is 0 Å². The molecule has 0 spiro atoms. The van der Waals surface area contributed by atoms with Crippen molar-refractivity contribution in [3.05, 3.63) is 29.1 Å². The summed E-state index contributed by atoms with van der Waals surface area (Å²) >= 11 is 1.38. The van der Waals surface area contributed by atoms with Crippen LogP contribution in [0.15, 0.2) is 23.6 Å². The van der Waals surface area contributed by atoms with E-state index in [1.54, 1.807) is 26.0 Å². The Morgan fingerprint density at radius 2 is 2.06 bits per heavy atom. The van der Waals surface area contributed by atoms with Crippen LogP contribution >= 0.6 is 11.3 Å². The van der Waals surface area contributed by atoms with Crippen molar-refractivity contribution in [2.24, 2.45) is 0 Å². The Bertz CT molecular complexity index is 639. The molecule has 1 aromatic heterocycles. The quantitative estimate of drug-likeness (QED) is 0.933.